The van der Waals surface area contributed by atoms with Crippen LogP contribution < -0.4 is 0 Å². The summed E-state index contributed by atoms with van der Waals surface area (Å²) >= 11 is 0. The summed E-state index contributed by atoms with van der Waals surface area (Å²) in [5, 5.41) is 0. The summed E-state index contributed by atoms with van der Waals surface area (Å²) < 4.78 is 0. The van der Waals surface area contributed by atoms with Crippen molar-refractivity contribution in [2.45, 2.75) is 33.1 Å². The fraction of sp³-hybridized carbons (Fsp3) is 0.267. The fourth-order valence-corrected chi connectivity index (χ4v) is 6.82. The predicted molar refractivity (Wildman–Crippen MR) is 126 cm³/mol. The highest BCUT2D eigenvalue weighted by atomic mass is 14.6. The fourth-order valence-electron chi connectivity index (χ4n) is 6.82. The van der Waals surface area contributed by atoms with Gasteiger partial charge in [-0.2, -0.15) is 0 Å². The molecule has 0 radical (unpaired) electrons. The van der Waals surface area contributed by atoms with Crippen LogP contribution in [0.5, 0.6) is 0 Å². The minimum Gasteiger partial charge on any atom is -0.0689 e. The minimum atomic E-state index is 0.115. The predicted octanol–water partition coefficient (Wildman–Crippen LogP) is 7.87. The maximum Gasteiger partial charge on any atom is 0.0193 e. The first-order valence-corrected chi connectivity index (χ1v) is 11.2. The van der Waals surface area contributed by atoms with E-state index < -0.39 is 0 Å². The van der Waals surface area contributed by atoms with E-state index >= 15 is 0 Å². The minimum absolute atomic E-state index is 0.115. The molecule has 3 aromatic rings. The molecule has 0 heteroatoms. The molecule has 30 heavy (non-hydrogen) atoms. The molecule has 1 fully saturated rings. The van der Waals surface area contributed by atoms with Gasteiger partial charge in [0.1, 0.15) is 0 Å². The summed E-state index contributed by atoms with van der Waals surface area (Å²) in [4.78, 5) is 0. The van der Waals surface area contributed by atoms with E-state index in [9.17, 15) is 0 Å². The average molecular weight is 389 g/mol. The third-order valence-electron chi connectivity index (χ3n) is 7.89. The van der Waals surface area contributed by atoms with Gasteiger partial charge >= 0.3 is 0 Å². The van der Waals surface area contributed by atoms with E-state index in [4.69, 9.17) is 0 Å². The van der Waals surface area contributed by atoms with Crippen LogP contribution in [-0.4, -0.2) is 0 Å². The lowest BCUT2D eigenvalue weighted by atomic mass is 9.67. The Labute approximate surface area is 180 Å². The van der Waals surface area contributed by atoms with Crippen LogP contribution in [0.1, 0.15) is 49.8 Å². The molecule has 0 spiro atoms. The van der Waals surface area contributed by atoms with Crippen molar-refractivity contribution in [2.24, 2.45) is 16.7 Å². The summed E-state index contributed by atoms with van der Waals surface area (Å²) in [7, 11) is 0. The molecule has 0 heterocycles. The SMILES string of the molecule is CC1(C)CC(C)(C2c3ccccc3-c3ccccc32)C2=CC(c3ccccc3)=CC21. The van der Waals surface area contributed by atoms with Crippen molar-refractivity contribution in [1.82, 2.24) is 0 Å². The van der Waals surface area contributed by atoms with E-state index in [1.165, 1.54) is 39.8 Å². The van der Waals surface area contributed by atoms with Crippen LogP contribution in [-0.2, 0) is 0 Å². The van der Waals surface area contributed by atoms with Gasteiger partial charge in [-0.1, -0.05) is 117 Å². The highest BCUT2D eigenvalue weighted by Crippen LogP contribution is 2.68. The van der Waals surface area contributed by atoms with Crippen LogP contribution in [0.3, 0.4) is 0 Å². The maximum absolute atomic E-state index is 2.54. The molecule has 3 aliphatic rings. The van der Waals surface area contributed by atoms with Gasteiger partial charge in [0.25, 0.3) is 0 Å². The molecule has 148 valence electrons. The van der Waals surface area contributed by atoms with Gasteiger partial charge in [0.15, 0.2) is 0 Å². The smallest absolute Gasteiger partial charge is 0.0193 e. The number of rotatable bonds is 2. The second-order valence-corrected chi connectivity index (χ2v) is 10.3. The van der Waals surface area contributed by atoms with Crippen molar-refractivity contribution in [2.75, 3.05) is 0 Å². The third-order valence-corrected chi connectivity index (χ3v) is 7.89. The number of fused-ring (bicyclic) bond motifs is 4. The Balaban J connectivity index is 1.54. The van der Waals surface area contributed by atoms with E-state index in [1.54, 1.807) is 5.57 Å². The Morgan fingerprint density at radius 1 is 0.700 bits per heavy atom. The molecule has 3 aliphatic carbocycles. The first-order valence-electron chi connectivity index (χ1n) is 11.2. The molecule has 0 nitrogen and oxygen atoms in total. The molecular formula is C30H28. The summed E-state index contributed by atoms with van der Waals surface area (Å²) in [6, 6.07) is 29.1. The van der Waals surface area contributed by atoms with Crippen LogP contribution in [0, 0.1) is 16.7 Å². The quantitative estimate of drug-likeness (QED) is 0.419. The number of allylic oxidation sites excluding steroid dienone is 4. The van der Waals surface area contributed by atoms with Crippen LogP contribution in [0.4, 0.5) is 0 Å². The summed E-state index contributed by atoms with van der Waals surface area (Å²) in [6.07, 6.45) is 6.28. The Kier molecular flexibility index (Phi) is 3.64. The molecule has 0 bridgehead atoms. The van der Waals surface area contributed by atoms with E-state index in [-0.39, 0.29) is 10.8 Å². The van der Waals surface area contributed by atoms with Gasteiger partial charge in [0.05, 0.1) is 0 Å². The van der Waals surface area contributed by atoms with E-state index in [2.05, 4.69) is 112 Å². The van der Waals surface area contributed by atoms with E-state index in [0.29, 0.717) is 11.8 Å². The summed E-state index contributed by atoms with van der Waals surface area (Å²) in [5.74, 6) is 0.932. The van der Waals surface area contributed by atoms with E-state index in [0.717, 1.165) is 0 Å². The zero-order valence-electron chi connectivity index (χ0n) is 18.0. The maximum atomic E-state index is 2.54. The van der Waals surface area contributed by atoms with Crippen LogP contribution in [0.25, 0.3) is 16.7 Å². The van der Waals surface area contributed by atoms with Gasteiger partial charge in [0, 0.05) is 17.3 Å². The van der Waals surface area contributed by atoms with Crippen molar-refractivity contribution in [3.8, 4) is 11.1 Å². The third kappa shape index (κ3) is 2.34. The van der Waals surface area contributed by atoms with Crippen molar-refractivity contribution < 1.29 is 0 Å². The molecule has 2 unspecified atom stereocenters. The van der Waals surface area contributed by atoms with Crippen molar-refractivity contribution in [1.29, 1.82) is 0 Å². The second kappa shape index (κ2) is 6.08. The Hall–Kier alpha value is -2.86. The molecule has 2 atom stereocenters. The number of hydrogen-bond acceptors (Lipinski definition) is 0. The largest absolute Gasteiger partial charge is 0.0689 e. The Morgan fingerprint density at radius 3 is 1.90 bits per heavy atom. The topological polar surface area (TPSA) is 0 Å². The van der Waals surface area contributed by atoms with Gasteiger partial charge in [-0.05, 0) is 45.2 Å². The lowest BCUT2D eigenvalue weighted by molar-refractivity contribution is 0.255. The van der Waals surface area contributed by atoms with Gasteiger partial charge in [-0.25, -0.2) is 0 Å². The highest BCUT2D eigenvalue weighted by molar-refractivity contribution is 5.82. The monoisotopic (exact) mass is 388 g/mol. The second-order valence-electron chi connectivity index (χ2n) is 10.3. The lowest BCUT2D eigenvalue weighted by Gasteiger charge is -2.36. The first kappa shape index (κ1) is 18.0. The van der Waals surface area contributed by atoms with Gasteiger partial charge in [-0.3, -0.25) is 0 Å². The molecule has 1 saturated carbocycles. The molecule has 0 aliphatic heterocycles. The lowest BCUT2D eigenvalue weighted by Crippen LogP contribution is -2.25. The van der Waals surface area contributed by atoms with Crippen molar-refractivity contribution in [3.05, 3.63) is 113 Å². The van der Waals surface area contributed by atoms with Crippen LogP contribution in [0.2, 0.25) is 0 Å². The Bertz CT molecular complexity index is 1160. The van der Waals surface area contributed by atoms with E-state index in [1.807, 2.05) is 0 Å². The number of hydrogen-bond donors (Lipinski definition) is 0. The zero-order chi connectivity index (χ0) is 20.5. The average Bonchev–Trinajstić information content (AvgIpc) is 3.40. The molecule has 0 amide bonds. The van der Waals surface area contributed by atoms with Gasteiger partial charge in [0.2, 0.25) is 0 Å². The highest BCUT2D eigenvalue weighted by Gasteiger charge is 2.56. The zero-order valence-corrected chi connectivity index (χ0v) is 18.0. The molecule has 0 N–H and O–H groups in total. The molecule has 6 rings (SSSR count). The molecule has 0 saturated heterocycles. The standard InChI is InChI=1S/C30H28/c1-29(2)19-30(3,27-18-21(17-26(27)29)20-11-5-4-6-12-20)28-24-15-9-7-13-22(24)23-14-8-10-16-25(23)28/h4-18,26,28H,19H2,1-3H3. The Morgan fingerprint density at radius 2 is 1.27 bits per heavy atom. The first-order chi connectivity index (χ1) is 14.5. The molecular weight excluding hydrogens is 360 g/mol. The van der Waals surface area contributed by atoms with Crippen LogP contribution in [0.15, 0.2) is 96.6 Å². The molecule has 3 aromatic carbocycles. The molecule has 0 aromatic heterocycles. The van der Waals surface area contributed by atoms with Gasteiger partial charge < -0.3 is 0 Å². The normalized spacial score (nSPS) is 26.0. The summed E-state index contributed by atoms with van der Waals surface area (Å²) in [5.41, 5.74) is 10.6. The van der Waals surface area contributed by atoms with Crippen LogP contribution >= 0.6 is 0 Å². The van der Waals surface area contributed by atoms with Crippen molar-refractivity contribution in [3.63, 3.8) is 0 Å². The van der Waals surface area contributed by atoms with Crippen molar-refractivity contribution >= 4 is 5.57 Å². The summed E-state index contributed by atoms with van der Waals surface area (Å²) in [6.45, 7) is 7.47. The van der Waals surface area contributed by atoms with Gasteiger partial charge in [-0.15, -0.1) is 0 Å². The number of benzene rings is 3.